The number of fused-ring (bicyclic) bond motifs is 3. The van der Waals surface area contributed by atoms with Gasteiger partial charge in [-0.2, -0.15) is 0 Å². The summed E-state index contributed by atoms with van der Waals surface area (Å²) in [6.45, 7) is 8.36. The van der Waals surface area contributed by atoms with Crippen LogP contribution >= 0.6 is 0 Å². The molecule has 178 valence electrons. The van der Waals surface area contributed by atoms with Gasteiger partial charge < -0.3 is 9.80 Å². The molecule has 1 saturated heterocycles. The molecule has 7 nitrogen and oxygen atoms in total. The molecular formula is C27H34N6O. The highest BCUT2D eigenvalue weighted by Crippen LogP contribution is 2.33. The Morgan fingerprint density at radius 2 is 1.71 bits per heavy atom. The van der Waals surface area contributed by atoms with Crippen molar-refractivity contribution in [1.29, 1.82) is 0 Å². The molecule has 2 aromatic heterocycles. The molecule has 2 aromatic carbocycles. The molecule has 1 aliphatic heterocycles. The first-order valence-corrected chi connectivity index (χ1v) is 12.2. The van der Waals surface area contributed by atoms with Gasteiger partial charge >= 0.3 is 5.69 Å². The molecule has 0 bridgehead atoms. The number of aromatic nitrogens is 4. The molecular weight excluding hydrogens is 424 g/mol. The van der Waals surface area contributed by atoms with Gasteiger partial charge in [0.25, 0.3) is 0 Å². The van der Waals surface area contributed by atoms with E-state index in [-0.39, 0.29) is 11.7 Å². The summed E-state index contributed by atoms with van der Waals surface area (Å²) in [5, 5.41) is 9.78. The molecule has 4 aromatic rings. The quantitative estimate of drug-likeness (QED) is 0.455. The van der Waals surface area contributed by atoms with Crippen LogP contribution in [0.15, 0.2) is 41.2 Å². The van der Waals surface area contributed by atoms with E-state index >= 15 is 0 Å². The molecule has 1 aliphatic rings. The first-order valence-electron chi connectivity index (χ1n) is 12.2. The number of aryl methyl sites for hydroxylation is 2. The summed E-state index contributed by atoms with van der Waals surface area (Å²) in [6.07, 6.45) is 2.40. The van der Waals surface area contributed by atoms with Gasteiger partial charge in [-0.15, -0.1) is 10.2 Å². The fraction of sp³-hybridized carbons (Fsp3) is 0.444. The Morgan fingerprint density at radius 1 is 1.03 bits per heavy atom. The third kappa shape index (κ3) is 3.68. The largest absolute Gasteiger partial charge is 0.371 e. The maximum Gasteiger partial charge on any atom is 0.330 e. The minimum Gasteiger partial charge on any atom is -0.371 e. The molecule has 0 amide bonds. The molecule has 0 spiro atoms. The third-order valence-electron chi connectivity index (χ3n) is 7.37. The number of piperidine rings is 1. The van der Waals surface area contributed by atoms with Crippen molar-refractivity contribution in [2.75, 3.05) is 32.1 Å². The van der Waals surface area contributed by atoms with Crippen LogP contribution in [0.3, 0.4) is 0 Å². The van der Waals surface area contributed by atoms with Crippen LogP contribution < -0.4 is 10.6 Å². The summed E-state index contributed by atoms with van der Waals surface area (Å²) in [5.41, 5.74) is 6.99. The van der Waals surface area contributed by atoms with Gasteiger partial charge in [0, 0.05) is 43.3 Å². The van der Waals surface area contributed by atoms with Crippen LogP contribution in [0.4, 0.5) is 5.69 Å². The van der Waals surface area contributed by atoms with Gasteiger partial charge in [0.05, 0.1) is 5.52 Å². The van der Waals surface area contributed by atoms with Crippen molar-refractivity contribution in [3.63, 3.8) is 0 Å². The van der Waals surface area contributed by atoms with Crippen molar-refractivity contribution in [3.8, 4) is 11.1 Å². The highest BCUT2D eigenvalue weighted by molar-refractivity contribution is 6.03. The van der Waals surface area contributed by atoms with E-state index in [0.29, 0.717) is 11.7 Å². The van der Waals surface area contributed by atoms with Crippen molar-refractivity contribution >= 4 is 27.8 Å². The number of anilines is 1. The molecule has 3 heterocycles. The maximum atomic E-state index is 12.9. The fourth-order valence-corrected chi connectivity index (χ4v) is 5.33. The van der Waals surface area contributed by atoms with E-state index in [9.17, 15) is 4.79 Å². The standard InChI is InChI=1S/C27H34N6O/c1-17(2)33-25-23-16-22(18(3)15-24(23)28-29-26(25)31(6)27(33)34)19-7-9-21(10-8-19)32-13-11-20(12-14-32)30(4)5/h7-10,15-17,20H,11-14H2,1-6H3. The van der Waals surface area contributed by atoms with Crippen LogP contribution in [0.1, 0.15) is 38.3 Å². The maximum absolute atomic E-state index is 12.9. The molecule has 0 radical (unpaired) electrons. The van der Waals surface area contributed by atoms with Gasteiger partial charge in [-0.3, -0.25) is 9.13 Å². The normalized spacial score (nSPS) is 15.4. The Morgan fingerprint density at radius 3 is 2.32 bits per heavy atom. The zero-order chi connectivity index (χ0) is 24.1. The average molecular weight is 459 g/mol. The monoisotopic (exact) mass is 458 g/mol. The second-order valence-corrected chi connectivity index (χ2v) is 10.1. The number of hydrogen-bond donors (Lipinski definition) is 0. The molecule has 5 rings (SSSR count). The average Bonchev–Trinajstić information content (AvgIpc) is 3.09. The van der Waals surface area contributed by atoms with Crippen molar-refractivity contribution in [1.82, 2.24) is 24.2 Å². The van der Waals surface area contributed by atoms with Crippen LogP contribution in [-0.2, 0) is 7.05 Å². The Bertz CT molecular complexity index is 1410. The lowest BCUT2D eigenvalue weighted by atomic mass is 9.97. The van der Waals surface area contributed by atoms with E-state index in [1.54, 1.807) is 11.6 Å². The Labute approximate surface area is 200 Å². The van der Waals surface area contributed by atoms with Crippen LogP contribution in [0.25, 0.3) is 33.2 Å². The van der Waals surface area contributed by atoms with E-state index in [0.717, 1.165) is 40.6 Å². The number of hydrogen-bond acceptors (Lipinski definition) is 5. The van der Waals surface area contributed by atoms with Crippen LogP contribution in [0.5, 0.6) is 0 Å². The highest BCUT2D eigenvalue weighted by Gasteiger charge is 2.21. The van der Waals surface area contributed by atoms with E-state index in [1.807, 2.05) is 18.4 Å². The zero-order valence-corrected chi connectivity index (χ0v) is 21.0. The predicted octanol–water partition coefficient (Wildman–Crippen LogP) is 4.37. The van der Waals surface area contributed by atoms with Gasteiger partial charge in [0.1, 0.15) is 5.52 Å². The van der Waals surface area contributed by atoms with Crippen molar-refractivity contribution in [2.24, 2.45) is 7.05 Å². The van der Waals surface area contributed by atoms with E-state index in [2.05, 4.69) is 77.4 Å². The SMILES string of the molecule is Cc1cc2nnc3c(c2cc1-c1ccc(N2CCC(N(C)C)CC2)cc1)n(C(C)C)c(=O)n3C. The zero-order valence-electron chi connectivity index (χ0n) is 21.0. The van der Waals surface area contributed by atoms with Crippen LogP contribution in [-0.4, -0.2) is 57.5 Å². The summed E-state index contributed by atoms with van der Waals surface area (Å²) in [5.74, 6) is 0. The fourth-order valence-electron chi connectivity index (χ4n) is 5.33. The number of rotatable bonds is 4. The van der Waals surface area contributed by atoms with E-state index in [1.165, 1.54) is 24.1 Å². The number of imidazole rings is 1. The first-order chi connectivity index (χ1) is 16.3. The van der Waals surface area contributed by atoms with E-state index < -0.39 is 0 Å². The first kappa shape index (κ1) is 22.6. The van der Waals surface area contributed by atoms with Crippen molar-refractivity contribution in [2.45, 2.75) is 45.7 Å². The minimum atomic E-state index is -0.0590. The van der Waals surface area contributed by atoms with Gasteiger partial charge in [-0.25, -0.2) is 4.79 Å². The summed E-state index contributed by atoms with van der Waals surface area (Å²) in [6, 6.07) is 13.9. The number of benzene rings is 2. The van der Waals surface area contributed by atoms with Crippen LogP contribution in [0, 0.1) is 6.92 Å². The second-order valence-electron chi connectivity index (χ2n) is 10.1. The molecule has 1 fully saturated rings. The van der Waals surface area contributed by atoms with Gasteiger partial charge in [0.2, 0.25) is 0 Å². The van der Waals surface area contributed by atoms with Gasteiger partial charge in [-0.1, -0.05) is 12.1 Å². The predicted molar refractivity (Wildman–Crippen MR) is 140 cm³/mol. The lowest BCUT2D eigenvalue weighted by Gasteiger charge is -2.36. The van der Waals surface area contributed by atoms with Gasteiger partial charge in [-0.05, 0) is 88.7 Å². The minimum absolute atomic E-state index is 0.0317. The molecule has 7 heteroatoms. The summed E-state index contributed by atoms with van der Waals surface area (Å²) >= 11 is 0. The number of nitrogens with zero attached hydrogens (tertiary/aromatic N) is 6. The molecule has 0 unspecified atom stereocenters. The Balaban J connectivity index is 1.55. The van der Waals surface area contributed by atoms with Gasteiger partial charge in [0.15, 0.2) is 5.65 Å². The second kappa shape index (κ2) is 8.55. The van der Waals surface area contributed by atoms with E-state index in [4.69, 9.17) is 0 Å². The molecule has 0 saturated carbocycles. The smallest absolute Gasteiger partial charge is 0.330 e. The summed E-state index contributed by atoms with van der Waals surface area (Å²) in [4.78, 5) is 17.7. The highest BCUT2D eigenvalue weighted by atomic mass is 16.1. The molecule has 0 N–H and O–H groups in total. The Hall–Kier alpha value is -3.19. The molecule has 0 aliphatic carbocycles. The lowest BCUT2D eigenvalue weighted by molar-refractivity contribution is 0.249. The summed E-state index contributed by atoms with van der Waals surface area (Å²) < 4.78 is 3.42. The molecule has 0 atom stereocenters. The Kier molecular flexibility index (Phi) is 5.68. The molecule has 34 heavy (non-hydrogen) atoms. The lowest BCUT2D eigenvalue weighted by Crippen LogP contribution is -2.41. The third-order valence-corrected chi connectivity index (χ3v) is 7.37. The summed E-state index contributed by atoms with van der Waals surface area (Å²) in [7, 11) is 6.12. The van der Waals surface area contributed by atoms with Crippen LogP contribution in [0.2, 0.25) is 0 Å². The van der Waals surface area contributed by atoms with Crippen molar-refractivity contribution in [3.05, 3.63) is 52.4 Å². The van der Waals surface area contributed by atoms with Crippen molar-refractivity contribution < 1.29 is 0 Å². The topological polar surface area (TPSA) is 59.2 Å².